The summed E-state index contributed by atoms with van der Waals surface area (Å²) in [6, 6.07) is 7.84. The van der Waals surface area contributed by atoms with Gasteiger partial charge in [-0.25, -0.2) is 4.39 Å². The van der Waals surface area contributed by atoms with Crippen molar-refractivity contribution in [3.63, 3.8) is 0 Å². The first kappa shape index (κ1) is 20.8. The van der Waals surface area contributed by atoms with Crippen molar-refractivity contribution in [2.75, 3.05) is 25.4 Å². The molecule has 1 saturated heterocycles. The van der Waals surface area contributed by atoms with Crippen LogP contribution in [0.4, 0.5) is 10.1 Å². The van der Waals surface area contributed by atoms with Gasteiger partial charge >= 0.3 is 0 Å². The molecule has 0 radical (unpaired) electrons. The van der Waals surface area contributed by atoms with Gasteiger partial charge in [-0.1, -0.05) is 29.3 Å². The number of carbonyl (C=O) groups is 1. The Bertz CT molecular complexity index is 832. The summed E-state index contributed by atoms with van der Waals surface area (Å²) in [7, 11) is 0. The number of hydrogen-bond acceptors (Lipinski definition) is 3. The standard InChI is InChI=1S/C18H17Cl2FN2O2.ClH/c1-10-2-3-11(22)6-12(10)18(24)23-4-5-25-17(9-23)13-7-16(21)15(20)8-14(13)19;/h2-3,6-8,17H,4-5,9,22H2,1H3;1H. The van der Waals surface area contributed by atoms with Crippen LogP contribution in [0.1, 0.15) is 27.6 Å². The Balaban J connectivity index is 0.00000243. The van der Waals surface area contributed by atoms with Crippen molar-refractivity contribution in [3.8, 4) is 0 Å². The predicted molar refractivity (Wildman–Crippen MR) is 104 cm³/mol. The third-order valence-corrected chi connectivity index (χ3v) is 4.85. The average Bonchev–Trinajstić information content (AvgIpc) is 2.59. The van der Waals surface area contributed by atoms with E-state index in [1.54, 1.807) is 17.0 Å². The van der Waals surface area contributed by atoms with E-state index in [1.807, 2.05) is 13.0 Å². The van der Waals surface area contributed by atoms with Crippen molar-refractivity contribution < 1.29 is 13.9 Å². The van der Waals surface area contributed by atoms with Crippen molar-refractivity contribution in [3.05, 3.63) is 62.9 Å². The van der Waals surface area contributed by atoms with Crippen LogP contribution < -0.4 is 5.73 Å². The van der Waals surface area contributed by atoms with Crippen molar-refractivity contribution in [1.29, 1.82) is 0 Å². The Morgan fingerprint density at radius 3 is 2.73 bits per heavy atom. The Labute approximate surface area is 167 Å². The number of nitrogens with two attached hydrogens (primary N) is 1. The van der Waals surface area contributed by atoms with Crippen molar-refractivity contribution in [1.82, 2.24) is 4.90 Å². The quantitative estimate of drug-likeness (QED) is 0.569. The first-order chi connectivity index (χ1) is 11.9. The van der Waals surface area contributed by atoms with Gasteiger partial charge in [-0.05, 0) is 36.8 Å². The van der Waals surface area contributed by atoms with Crippen LogP contribution in [0.2, 0.25) is 10.0 Å². The number of carbonyl (C=O) groups excluding carboxylic acids is 1. The molecule has 0 saturated carbocycles. The number of amides is 1. The Kier molecular flexibility index (Phi) is 6.74. The topological polar surface area (TPSA) is 55.6 Å². The monoisotopic (exact) mass is 418 g/mol. The summed E-state index contributed by atoms with van der Waals surface area (Å²) in [6.45, 7) is 2.90. The lowest BCUT2D eigenvalue weighted by atomic mass is 10.0. The Morgan fingerprint density at radius 2 is 2.00 bits per heavy atom. The highest BCUT2D eigenvalue weighted by atomic mass is 35.5. The van der Waals surface area contributed by atoms with Crippen LogP contribution in [0.25, 0.3) is 0 Å². The van der Waals surface area contributed by atoms with Gasteiger partial charge in [-0.3, -0.25) is 4.79 Å². The summed E-state index contributed by atoms with van der Waals surface area (Å²) < 4.78 is 19.5. The molecule has 1 aliphatic rings. The summed E-state index contributed by atoms with van der Waals surface area (Å²) in [5.41, 5.74) is 8.20. The normalized spacial score (nSPS) is 16.9. The molecule has 0 bridgehead atoms. The molecule has 2 aromatic carbocycles. The summed E-state index contributed by atoms with van der Waals surface area (Å²) in [4.78, 5) is 14.5. The van der Waals surface area contributed by atoms with Gasteiger partial charge < -0.3 is 15.4 Å². The molecule has 0 aromatic heterocycles. The van der Waals surface area contributed by atoms with E-state index in [9.17, 15) is 9.18 Å². The molecule has 3 rings (SSSR count). The van der Waals surface area contributed by atoms with Crippen LogP contribution in [-0.2, 0) is 4.74 Å². The van der Waals surface area contributed by atoms with Crippen LogP contribution in [-0.4, -0.2) is 30.5 Å². The summed E-state index contributed by atoms with van der Waals surface area (Å²) in [5.74, 6) is -0.705. The van der Waals surface area contributed by atoms with Crippen molar-refractivity contribution >= 4 is 47.2 Å². The minimum absolute atomic E-state index is 0. The second-order valence-electron chi connectivity index (χ2n) is 5.97. The first-order valence-corrected chi connectivity index (χ1v) is 8.54. The maximum atomic E-state index is 13.8. The van der Waals surface area contributed by atoms with Gasteiger partial charge in [-0.15, -0.1) is 12.4 Å². The SMILES string of the molecule is Cc1ccc(N)cc1C(=O)N1CCOC(c2cc(F)c(Cl)cc2Cl)C1.Cl. The molecule has 1 atom stereocenters. The number of rotatable bonds is 2. The molecule has 0 spiro atoms. The number of anilines is 1. The van der Waals surface area contributed by atoms with E-state index in [1.165, 1.54) is 12.1 Å². The summed E-state index contributed by atoms with van der Waals surface area (Å²) >= 11 is 11.9. The number of hydrogen-bond donors (Lipinski definition) is 1. The molecule has 140 valence electrons. The highest BCUT2D eigenvalue weighted by Gasteiger charge is 2.28. The van der Waals surface area contributed by atoms with E-state index in [0.717, 1.165) is 5.56 Å². The highest BCUT2D eigenvalue weighted by Crippen LogP contribution is 2.32. The molecule has 2 N–H and O–H groups in total. The number of nitrogen functional groups attached to an aromatic ring is 1. The number of benzene rings is 2. The minimum Gasteiger partial charge on any atom is -0.399 e. The van der Waals surface area contributed by atoms with Gasteiger partial charge in [0, 0.05) is 28.4 Å². The van der Waals surface area contributed by atoms with Gasteiger partial charge in [0.2, 0.25) is 0 Å². The summed E-state index contributed by atoms with van der Waals surface area (Å²) in [6.07, 6.45) is -0.515. The van der Waals surface area contributed by atoms with Gasteiger partial charge in [0.15, 0.2) is 0 Å². The number of ether oxygens (including phenoxy) is 1. The lowest BCUT2D eigenvalue weighted by Crippen LogP contribution is -2.42. The molecule has 1 heterocycles. The molecular weight excluding hydrogens is 402 g/mol. The zero-order chi connectivity index (χ0) is 18.1. The van der Waals surface area contributed by atoms with Crippen LogP contribution >= 0.6 is 35.6 Å². The van der Waals surface area contributed by atoms with Crippen LogP contribution in [0.3, 0.4) is 0 Å². The van der Waals surface area contributed by atoms with E-state index in [2.05, 4.69) is 0 Å². The van der Waals surface area contributed by atoms with E-state index in [0.29, 0.717) is 35.0 Å². The third-order valence-electron chi connectivity index (χ3n) is 4.23. The Hall–Kier alpha value is -1.53. The zero-order valence-corrected chi connectivity index (χ0v) is 16.3. The van der Waals surface area contributed by atoms with E-state index >= 15 is 0 Å². The second kappa shape index (κ2) is 8.44. The number of morpholine rings is 1. The van der Waals surface area contributed by atoms with Crippen LogP contribution in [0, 0.1) is 12.7 Å². The van der Waals surface area contributed by atoms with Crippen molar-refractivity contribution in [2.45, 2.75) is 13.0 Å². The Morgan fingerprint density at radius 1 is 1.27 bits per heavy atom. The van der Waals surface area contributed by atoms with Crippen LogP contribution in [0.5, 0.6) is 0 Å². The molecular formula is C18H18Cl3FN2O2. The fourth-order valence-corrected chi connectivity index (χ4v) is 3.35. The van der Waals surface area contributed by atoms with Crippen LogP contribution in [0.15, 0.2) is 30.3 Å². The van der Waals surface area contributed by atoms with Gasteiger partial charge in [0.25, 0.3) is 5.91 Å². The molecule has 4 nitrogen and oxygen atoms in total. The van der Waals surface area contributed by atoms with Crippen molar-refractivity contribution in [2.24, 2.45) is 0 Å². The molecule has 1 unspecified atom stereocenters. The predicted octanol–water partition coefficient (Wildman–Crippen LogP) is 4.66. The maximum absolute atomic E-state index is 13.8. The molecule has 2 aromatic rings. The molecule has 8 heteroatoms. The van der Waals surface area contributed by atoms with Gasteiger partial charge in [0.05, 0.1) is 18.2 Å². The third kappa shape index (κ3) is 4.23. The zero-order valence-electron chi connectivity index (χ0n) is 14.0. The molecule has 1 aliphatic heterocycles. The fraction of sp³-hybridized carbons (Fsp3) is 0.278. The highest BCUT2D eigenvalue weighted by molar-refractivity contribution is 6.35. The minimum atomic E-state index is -0.570. The molecule has 1 fully saturated rings. The van der Waals surface area contributed by atoms with E-state index in [4.69, 9.17) is 33.7 Å². The average molecular weight is 420 g/mol. The number of halogens is 4. The maximum Gasteiger partial charge on any atom is 0.254 e. The number of nitrogens with zero attached hydrogens (tertiary/aromatic N) is 1. The largest absolute Gasteiger partial charge is 0.399 e. The smallest absolute Gasteiger partial charge is 0.254 e. The van der Waals surface area contributed by atoms with Gasteiger partial charge in [-0.2, -0.15) is 0 Å². The second-order valence-corrected chi connectivity index (χ2v) is 6.79. The molecule has 1 amide bonds. The summed E-state index contributed by atoms with van der Waals surface area (Å²) in [5, 5.41) is 0.263. The first-order valence-electron chi connectivity index (χ1n) is 7.78. The fourth-order valence-electron chi connectivity index (χ4n) is 2.85. The molecule has 0 aliphatic carbocycles. The molecule has 26 heavy (non-hydrogen) atoms. The van der Waals surface area contributed by atoms with E-state index in [-0.39, 0.29) is 29.9 Å². The lowest BCUT2D eigenvalue weighted by molar-refractivity contribution is -0.0229. The lowest BCUT2D eigenvalue weighted by Gasteiger charge is -2.34. The number of aryl methyl sites for hydroxylation is 1. The van der Waals surface area contributed by atoms with E-state index < -0.39 is 11.9 Å². The van der Waals surface area contributed by atoms with Gasteiger partial charge in [0.1, 0.15) is 11.9 Å².